The predicted octanol–water partition coefficient (Wildman–Crippen LogP) is -3.90. The van der Waals surface area contributed by atoms with Gasteiger partial charge in [-0.1, -0.05) is 6.07 Å². The molecule has 174 valence electrons. The molecule has 11 heteroatoms. The molecule has 0 aromatic carbocycles. The van der Waals surface area contributed by atoms with E-state index in [1.165, 1.54) is 0 Å². The molecule has 0 unspecified atom stereocenters. The van der Waals surface area contributed by atoms with Gasteiger partial charge in [0.25, 0.3) is 0 Å². The van der Waals surface area contributed by atoms with Crippen molar-refractivity contribution in [1.29, 1.82) is 0 Å². The topological polar surface area (TPSA) is 181 Å². The Labute approximate surface area is 176 Å². The summed E-state index contributed by atoms with van der Waals surface area (Å²) in [7, 11) is 0. The molecule has 0 aliphatic carbocycles. The molecule has 0 fully saturated rings. The summed E-state index contributed by atoms with van der Waals surface area (Å²) in [6.45, 7) is -2.54. The third-order valence-corrected chi connectivity index (χ3v) is 5.14. The Bertz CT molecular complexity index is 497. The van der Waals surface area contributed by atoms with Crippen LogP contribution in [-0.4, -0.2) is 133 Å². The van der Waals surface area contributed by atoms with Crippen LogP contribution in [0.15, 0.2) is 18.5 Å². The summed E-state index contributed by atoms with van der Waals surface area (Å²) < 4.78 is 0. The van der Waals surface area contributed by atoms with Gasteiger partial charge < -0.3 is 40.9 Å². The van der Waals surface area contributed by atoms with Crippen LogP contribution in [0.25, 0.3) is 0 Å². The minimum Gasteiger partial charge on any atom is -0.395 e. The van der Waals surface area contributed by atoms with Gasteiger partial charge in [-0.2, -0.15) is 0 Å². The van der Waals surface area contributed by atoms with Crippen molar-refractivity contribution < 1.29 is 40.9 Å². The lowest BCUT2D eigenvalue weighted by atomic mass is 10.1. The Morgan fingerprint density at radius 3 is 1.03 bits per heavy atom. The third kappa shape index (κ3) is 7.46. The summed E-state index contributed by atoms with van der Waals surface area (Å²) in [4.78, 5) is 7.36. The Balaban J connectivity index is 3.11. The van der Waals surface area contributed by atoms with Crippen molar-refractivity contribution in [2.75, 3.05) is 52.9 Å². The van der Waals surface area contributed by atoms with E-state index < -0.39 is 24.2 Å². The molecule has 8 N–H and O–H groups in total. The van der Waals surface area contributed by atoms with Gasteiger partial charge >= 0.3 is 0 Å². The Morgan fingerprint density at radius 1 is 0.533 bits per heavy atom. The minimum atomic E-state index is -0.684. The van der Waals surface area contributed by atoms with Gasteiger partial charge in [0.1, 0.15) is 0 Å². The highest BCUT2D eigenvalue weighted by molar-refractivity contribution is 5.19. The minimum absolute atomic E-state index is 0.186. The first-order chi connectivity index (χ1) is 14.5. The summed E-state index contributed by atoms with van der Waals surface area (Å²) in [6, 6.07) is -0.958. The average molecular weight is 434 g/mol. The quantitative estimate of drug-likeness (QED) is 0.128. The monoisotopic (exact) mass is 433 g/mol. The number of aliphatic hydroxyl groups excluding tert-OH is 8. The van der Waals surface area contributed by atoms with Gasteiger partial charge in [-0.3, -0.25) is 14.8 Å². The van der Waals surface area contributed by atoms with Crippen LogP contribution in [-0.2, 0) is 13.1 Å². The fourth-order valence-electron chi connectivity index (χ4n) is 3.32. The maximum absolute atomic E-state index is 9.54. The standard InChI is InChI=1S/C19H35N3O8/c23-6-16(7-24)21(17(8-25)9-26)4-14-1-15(3-20-2-14)5-22(18(10-27)11-28)19(12-29)13-30/h1-3,16-19,23-30H,4-13H2. The third-order valence-electron chi connectivity index (χ3n) is 5.14. The number of pyridine rings is 1. The second kappa shape index (κ2) is 14.7. The van der Waals surface area contributed by atoms with Crippen molar-refractivity contribution >= 4 is 0 Å². The van der Waals surface area contributed by atoms with Gasteiger partial charge in [-0.05, 0) is 11.1 Å². The molecule has 0 bridgehead atoms. The van der Waals surface area contributed by atoms with Crippen molar-refractivity contribution in [2.24, 2.45) is 0 Å². The van der Waals surface area contributed by atoms with Gasteiger partial charge in [0.05, 0.1) is 77.0 Å². The van der Waals surface area contributed by atoms with E-state index in [9.17, 15) is 40.9 Å². The number of aliphatic hydroxyl groups is 8. The van der Waals surface area contributed by atoms with E-state index in [1.54, 1.807) is 28.3 Å². The number of rotatable bonds is 16. The van der Waals surface area contributed by atoms with Crippen LogP contribution in [0.4, 0.5) is 0 Å². The van der Waals surface area contributed by atoms with E-state index in [0.29, 0.717) is 11.1 Å². The van der Waals surface area contributed by atoms with E-state index in [1.807, 2.05) is 0 Å². The zero-order chi connectivity index (χ0) is 22.5. The summed E-state index contributed by atoms with van der Waals surface area (Å²) >= 11 is 0. The first-order valence-electron chi connectivity index (χ1n) is 9.84. The van der Waals surface area contributed by atoms with Gasteiger partial charge in [-0.15, -0.1) is 0 Å². The highest BCUT2D eigenvalue weighted by Gasteiger charge is 2.27. The molecule has 0 spiro atoms. The molecule has 0 saturated heterocycles. The van der Waals surface area contributed by atoms with Crippen LogP contribution in [0.5, 0.6) is 0 Å². The molecule has 30 heavy (non-hydrogen) atoms. The summed E-state index contributed by atoms with van der Waals surface area (Å²) in [5, 5.41) is 76.3. The van der Waals surface area contributed by atoms with Gasteiger partial charge in [0.2, 0.25) is 0 Å². The number of hydrogen-bond acceptors (Lipinski definition) is 11. The molecule has 1 heterocycles. The fraction of sp³-hybridized carbons (Fsp3) is 0.737. The summed E-state index contributed by atoms with van der Waals surface area (Å²) in [6.07, 6.45) is 3.15. The van der Waals surface area contributed by atoms with Crippen LogP contribution < -0.4 is 0 Å². The lowest BCUT2D eigenvalue weighted by Gasteiger charge is -2.35. The van der Waals surface area contributed by atoms with Crippen molar-refractivity contribution in [3.05, 3.63) is 29.6 Å². The van der Waals surface area contributed by atoms with Crippen molar-refractivity contribution in [1.82, 2.24) is 14.8 Å². The van der Waals surface area contributed by atoms with Crippen LogP contribution in [0.2, 0.25) is 0 Å². The molecule has 0 radical (unpaired) electrons. The molecule has 0 aliphatic rings. The number of aromatic nitrogens is 1. The van der Waals surface area contributed by atoms with Crippen LogP contribution in [0.3, 0.4) is 0 Å². The lowest BCUT2D eigenvalue weighted by molar-refractivity contribution is -0.00449. The van der Waals surface area contributed by atoms with Crippen molar-refractivity contribution in [2.45, 2.75) is 37.3 Å². The van der Waals surface area contributed by atoms with Crippen LogP contribution >= 0.6 is 0 Å². The first-order valence-corrected chi connectivity index (χ1v) is 9.84. The van der Waals surface area contributed by atoms with Crippen LogP contribution in [0.1, 0.15) is 11.1 Å². The fourth-order valence-corrected chi connectivity index (χ4v) is 3.32. The van der Waals surface area contributed by atoms with E-state index in [4.69, 9.17) is 0 Å². The molecular weight excluding hydrogens is 398 g/mol. The smallest absolute Gasteiger partial charge is 0.0609 e. The molecule has 0 aliphatic heterocycles. The number of hydrogen-bond donors (Lipinski definition) is 8. The SMILES string of the molecule is OCC(CO)N(Cc1cncc(CN(C(CO)CO)C(CO)CO)c1)C(CO)CO. The van der Waals surface area contributed by atoms with E-state index >= 15 is 0 Å². The molecule has 0 atom stereocenters. The Morgan fingerprint density at radius 2 is 0.800 bits per heavy atom. The normalized spacial score (nSPS) is 12.5. The highest BCUT2D eigenvalue weighted by Crippen LogP contribution is 2.16. The second-order valence-electron chi connectivity index (χ2n) is 7.12. The molecule has 1 aromatic heterocycles. The summed E-state index contributed by atoms with van der Waals surface area (Å²) in [5.74, 6) is 0. The molecule has 0 saturated carbocycles. The van der Waals surface area contributed by atoms with Gasteiger partial charge in [0, 0.05) is 25.5 Å². The maximum Gasteiger partial charge on any atom is 0.0609 e. The Kier molecular flexibility index (Phi) is 13.1. The van der Waals surface area contributed by atoms with Crippen molar-refractivity contribution in [3.63, 3.8) is 0 Å². The van der Waals surface area contributed by atoms with Gasteiger partial charge in [-0.25, -0.2) is 0 Å². The summed E-state index contributed by atoms with van der Waals surface area (Å²) in [5.41, 5.74) is 1.36. The van der Waals surface area contributed by atoms with E-state index in [0.717, 1.165) is 0 Å². The van der Waals surface area contributed by atoms with Gasteiger partial charge in [0.15, 0.2) is 0 Å². The second-order valence-corrected chi connectivity index (χ2v) is 7.12. The molecular formula is C19H35N3O8. The van der Waals surface area contributed by atoms with E-state index in [2.05, 4.69) is 4.98 Å². The lowest BCUT2D eigenvalue weighted by Crippen LogP contribution is -2.50. The predicted molar refractivity (Wildman–Crippen MR) is 107 cm³/mol. The van der Waals surface area contributed by atoms with Crippen molar-refractivity contribution in [3.8, 4) is 0 Å². The molecule has 11 nitrogen and oxygen atoms in total. The first kappa shape index (κ1) is 26.8. The average Bonchev–Trinajstić information content (AvgIpc) is 2.77. The molecule has 1 aromatic rings. The largest absolute Gasteiger partial charge is 0.395 e. The van der Waals surface area contributed by atoms with Crippen LogP contribution in [0, 0.1) is 0 Å². The maximum atomic E-state index is 9.54. The molecule has 1 rings (SSSR count). The number of nitrogens with zero attached hydrogens (tertiary/aromatic N) is 3. The Hall–Kier alpha value is -1.25. The zero-order valence-corrected chi connectivity index (χ0v) is 17.0. The molecule has 0 amide bonds. The highest BCUT2D eigenvalue weighted by atomic mass is 16.3. The van der Waals surface area contributed by atoms with E-state index in [-0.39, 0.29) is 65.9 Å². The zero-order valence-electron chi connectivity index (χ0n) is 17.0.